The molecule has 1 aliphatic heterocycles. The van der Waals surface area contributed by atoms with Crippen LogP contribution in [0.15, 0.2) is 36.4 Å². The van der Waals surface area contributed by atoms with E-state index in [1.807, 2.05) is 11.8 Å². The van der Waals surface area contributed by atoms with E-state index < -0.39 is 10.8 Å². The van der Waals surface area contributed by atoms with Gasteiger partial charge in [0.2, 0.25) is 0 Å². The van der Waals surface area contributed by atoms with Gasteiger partial charge < -0.3 is 10.2 Å². The fraction of sp³-hybridized carbons (Fsp3) is 0.350. The van der Waals surface area contributed by atoms with Gasteiger partial charge in [0, 0.05) is 35.4 Å². The summed E-state index contributed by atoms with van der Waals surface area (Å²) in [4.78, 5) is 25.7. The number of amides is 1. The molecule has 1 aliphatic rings. The normalized spacial score (nSPS) is 16.9. The van der Waals surface area contributed by atoms with Crippen LogP contribution in [0, 0.1) is 23.0 Å². The topological polar surface area (TPSA) is 75.5 Å². The van der Waals surface area contributed by atoms with Crippen molar-refractivity contribution in [3.05, 3.63) is 62.7 Å². The summed E-state index contributed by atoms with van der Waals surface area (Å²) in [5.74, 6) is 0.0872. The number of nitrogens with zero attached hydrogens (tertiary/aromatic N) is 2. The van der Waals surface area contributed by atoms with Gasteiger partial charge in [0.05, 0.1) is 4.92 Å². The maximum absolute atomic E-state index is 12.5. The lowest BCUT2D eigenvalue weighted by Gasteiger charge is -2.32. The first-order valence-corrected chi connectivity index (χ1v) is 9.34. The zero-order valence-corrected chi connectivity index (χ0v) is 16.1. The first kappa shape index (κ1) is 19.2. The minimum Gasteiger partial charge on any atom is -0.366 e. The van der Waals surface area contributed by atoms with Crippen molar-refractivity contribution in [1.29, 1.82) is 0 Å². The molecule has 1 fully saturated rings. The van der Waals surface area contributed by atoms with Gasteiger partial charge in [-0.15, -0.1) is 0 Å². The molecule has 2 aromatic carbocycles. The lowest BCUT2D eigenvalue weighted by molar-refractivity contribution is -0.384. The Balaban J connectivity index is 1.85. The van der Waals surface area contributed by atoms with Crippen molar-refractivity contribution in [1.82, 2.24) is 0 Å². The number of carbonyl (C=O) groups excluding carboxylic acids is 1. The molecule has 0 bridgehead atoms. The molecule has 1 heterocycles. The molecule has 1 amide bonds. The second-order valence-corrected chi connectivity index (χ2v) is 7.48. The molecule has 7 heteroatoms. The number of piperidine rings is 1. The van der Waals surface area contributed by atoms with E-state index in [2.05, 4.69) is 12.2 Å². The number of hydrogen-bond donors (Lipinski definition) is 1. The van der Waals surface area contributed by atoms with E-state index in [1.165, 1.54) is 6.07 Å². The number of rotatable bonds is 4. The minimum absolute atomic E-state index is 0.0429. The molecule has 6 nitrogen and oxygen atoms in total. The van der Waals surface area contributed by atoms with Crippen LogP contribution >= 0.6 is 11.6 Å². The lowest BCUT2D eigenvalue weighted by Crippen LogP contribution is -2.34. The fourth-order valence-electron chi connectivity index (χ4n) is 3.36. The Morgan fingerprint density at radius 2 is 2.07 bits per heavy atom. The van der Waals surface area contributed by atoms with Gasteiger partial charge in [0.1, 0.15) is 5.69 Å². The van der Waals surface area contributed by atoms with Gasteiger partial charge in [0.15, 0.2) is 0 Å². The van der Waals surface area contributed by atoms with Crippen molar-refractivity contribution in [2.75, 3.05) is 23.3 Å². The summed E-state index contributed by atoms with van der Waals surface area (Å²) in [6.07, 6.45) is 2.14. The van der Waals surface area contributed by atoms with E-state index >= 15 is 0 Å². The molecule has 0 aliphatic carbocycles. The van der Waals surface area contributed by atoms with Crippen molar-refractivity contribution in [2.45, 2.75) is 26.7 Å². The quantitative estimate of drug-likeness (QED) is 0.588. The van der Waals surface area contributed by atoms with Gasteiger partial charge in [-0.2, -0.15) is 0 Å². The van der Waals surface area contributed by atoms with Crippen LogP contribution in [0.4, 0.5) is 17.1 Å². The summed E-state index contributed by atoms with van der Waals surface area (Å²) < 4.78 is 0. The standard InChI is InChI=1S/C20H22ClN3O3/c1-13-4-3-9-23(12-13)18-8-6-15(10-19(18)24(26)27)20(25)22-16-7-5-14(2)17(21)11-16/h5-8,10-11,13H,3-4,9,12H2,1-2H3,(H,22,25)/t13-/m0/s1. The van der Waals surface area contributed by atoms with E-state index in [0.29, 0.717) is 22.3 Å². The second-order valence-electron chi connectivity index (χ2n) is 7.07. The zero-order valence-electron chi connectivity index (χ0n) is 15.4. The Kier molecular flexibility index (Phi) is 5.65. The van der Waals surface area contributed by atoms with Crippen LogP contribution in [-0.4, -0.2) is 23.9 Å². The number of nitrogens with one attached hydrogen (secondary N) is 1. The molecule has 0 unspecified atom stereocenters. The maximum atomic E-state index is 12.5. The van der Waals surface area contributed by atoms with Crippen molar-refractivity contribution >= 4 is 34.6 Å². The summed E-state index contributed by atoms with van der Waals surface area (Å²) in [7, 11) is 0. The first-order valence-electron chi connectivity index (χ1n) is 8.96. The smallest absolute Gasteiger partial charge is 0.293 e. The summed E-state index contributed by atoms with van der Waals surface area (Å²) >= 11 is 6.08. The van der Waals surface area contributed by atoms with E-state index in [-0.39, 0.29) is 11.3 Å². The number of nitro groups is 1. The molecule has 3 rings (SSSR count). The fourth-order valence-corrected chi connectivity index (χ4v) is 3.54. The largest absolute Gasteiger partial charge is 0.366 e. The first-order chi connectivity index (χ1) is 12.8. The number of aryl methyl sites for hydroxylation is 1. The zero-order chi connectivity index (χ0) is 19.6. The molecule has 0 spiro atoms. The predicted molar refractivity (Wildman–Crippen MR) is 108 cm³/mol. The van der Waals surface area contributed by atoms with E-state index in [1.54, 1.807) is 30.3 Å². The molecular formula is C20H22ClN3O3. The van der Waals surface area contributed by atoms with Gasteiger partial charge in [-0.3, -0.25) is 14.9 Å². The predicted octanol–water partition coefficient (Wildman–Crippen LogP) is 5.05. The Hall–Kier alpha value is -2.60. The van der Waals surface area contributed by atoms with E-state index in [0.717, 1.165) is 31.5 Å². The number of carbonyl (C=O) groups is 1. The van der Waals surface area contributed by atoms with Crippen LogP contribution in [0.2, 0.25) is 5.02 Å². The summed E-state index contributed by atoms with van der Waals surface area (Å²) in [5, 5.41) is 14.9. The highest BCUT2D eigenvalue weighted by Gasteiger charge is 2.25. The third-order valence-corrected chi connectivity index (χ3v) is 5.27. The molecule has 0 radical (unpaired) electrons. The van der Waals surface area contributed by atoms with Crippen LogP contribution in [0.5, 0.6) is 0 Å². The molecule has 1 N–H and O–H groups in total. The Bertz CT molecular complexity index is 885. The average molecular weight is 388 g/mol. The molecule has 1 saturated heterocycles. The highest BCUT2D eigenvalue weighted by Crippen LogP contribution is 2.32. The molecular weight excluding hydrogens is 366 g/mol. The molecule has 27 heavy (non-hydrogen) atoms. The Labute approximate surface area is 163 Å². The summed E-state index contributed by atoms with van der Waals surface area (Å²) in [5.41, 5.74) is 2.23. The van der Waals surface area contributed by atoms with Gasteiger partial charge in [-0.05, 0) is 55.5 Å². The van der Waals surface area contributed by atoms with E-state index in [4.69, 9.17) is 11.6 Å². The highest BCUT2D eigenvalue weighted by molar-refractivity contribution is 6.31. The Morgan fingerprint density at radius 3 is 2.74 bits per heavy atom. The summed E-state index contributed by atoms with van der Waals surface area (Å²) in [6, 6.07) is 9.87. The monoisotopic (exact) mass is 387 g/mol. The highest BCUT2D eigenvalue weighted by atomic mass is 35.5. The van der Waals surface area contributed by atoms with Crippen LogP contribution in [0.3, 0.4) is 0 Å². The van der Waals surface area contributed by atoms with Crippen LogP contribution in [-0.2, 0) is 0 Å². The van der Waals surface area contributed by atoms with Gasteiger partial charge >= 0.3 is 0 Å². The molecule has 0 saturated carbocycles. The molecule has 142 valence electrons. The van der Waals surface area contributed by atoms with Crippen LogP contribution in [0.25, 0.3) is 0 Å². The van der Waals surface area contributed by atoms with Crippen molar-refractivity contribution < 1.29 is 9.72 Å². The number of hydrogen-bond acceptors (Lipinski definition) is 4. The summed E-state index contributed by atoms with van der Waals surface area (Å²) in [6.45, 7) is 5.59. The lowest BCUT2D eigenvalue weighted by atomic mass is 9.99. The van der Waals surface area contributed by atoms with Crippen molar-refractivity contribution in [3.63, 3.8) is 0 Å². The van der Waals surface area contributed by atoms with Gasteiger partial charge in [0.25, 0.3) is 11.6 Å². The van der Waals surface area contributed by atoms with Crippen LogP contribution < -0.4 is 10.2 Å². The maximum Gasteiger partial charge on any atom is 0.293 e. The Morgan fingerprint density at radius 1 is 1.30 bits per heavy atom. The molecule has 0 aromatic heterocycles. The van der Waals surface area contributed by atoms with Gasteiger partial charge in [-0.1, -0.05) is 24.6 Å². The van der Waals surface area contributed by atoms with Crippen LogP contribution in [0.1, 0.15) is 35.7 Å². The third kappa shape index (κ3) is 4.39. The average Bonchev–Trinajstić information content (AvgIpc) is 2.64. The number of benzene rings is 2. The van der Waals surface area contributed by atoms with Crippen molar-refractivity contribution in [2.24, 2.45) is 5.92 Å². The SMILES string of the molecule is Cc1ccc(NC(=O)c2ccc(N3CCC[C@H](C)C3)c([N+](=O)[O-])c2)cc1Cl. The number of nitro benzene ring substituents is 1. The van der Waals surface area contributed by atoms with Crippen molar-refractivity contribution in [3.8, 4) is 0 Å². The molecule has 1 atom stereocenters. The minimum atomic E-state index is -0.422. The number of halogens is 1. The number of anilines is 2. The van der Waals surface area contributed by atoms with E-state index in [9.17, 15) is 14.9 Å². The third-order valence-electron chi connectivity index (χ3n) is 4.86. The van der Waals surface area contributed by atoms with Gasteiger partial charge in [-0.25, -0.2) is 0 Å². The molecule has 2 aromatic rings. The second kappa shape index (κ2) is 7.96.